The Labute approximate surface area is 132 Å². The van der Waals surface area contributed by atoms with Crippen molar-refractivity contribution in [2.24, 2.45) is 16.7 Å². The van der Waals surface area contributed by atoms with Crippen LogP contribution in [0.3, 0.4) is 0 Å². The summed E-state index contributed by atoms with van der Waals surface area (Å²) in [4.78, 5) is 12.5. The monoisotopic (exact) mass is 321 g/mol. The van der Waals surface area contributed by atoms with Crippen molar-refractivity contribution in [1.82, 2.24) is 0 Å². The van der Waals surface area contributed by atoms with Gasteiger partial charge in [0.15, 0.2) is 0 Å². The van der Waals surface area contributed by atoms with Crippen molar-refractivity contribution in [1.29, 1.82) is 0 Å². The number of ketones is 1. The molecule has 0 aliphatic heterocycles. The number of hydrogen-bond acceptors (Lipinski definition) is 3. The first kappa shape index (κ1) is 15.5. The lowest BCUT2D eigenvalue weighted by Gasteiger charge is -2.37. The van der Waals surface area contributed by atoms with E-state index in [1.54, 1.807) is 19.2 Å². The fourth-order valence-corrected chi connectivity index (χ4v) is 6.25. The molecule has 0 aromatic heterocycles. The molecule has 2 atom stereocenters. The highest BCUT2D eigenvalue weighted by atomic mass is 32.2. The summed E-state index contributed by atoms with van der Waals surface area (Å²) in [5, 5.41) is 0. The summed E-state index contributed by atoms with van der Waals surface area (Å²) >= 11 is 0. The third-order valence-electron chi connectivity index (χ3n) is 6.11. The molecular formula is C17H23NO3S. The molecule has 2 bridgehead atoms. The number of carbonyl (C=O) groups excluding carboxylic acids is 1. The van der Waals surface area contributed by atoms with Gasteiger partial charge in [-0.15, -0.1) is 0 Å². The minimum Gasteiger partial charge on any atom is -0.299 e. The molecule has 120 valence electrons. The van der Waals surface area contributed by atoms with E-state index in [-0.39, 0.29) is 17.0 Å². The fraction of sp³-hybridized carbons (Fsp3) is 0.588. The highest BCUT2D eigenvalue weighted by molar-refractivity contribution is 7.92. The van der Waals surface area contributed by atoms with Gasteiger partial charge in [0.25, 0.3) is 0 Å². The second kappa shape index (κ2) is 4.82. The number of carbonyl (C=O) groups is 1. The van der Waals surface area contributed by atoms with Gasteiger partial charge < -0.3 is 0 Å². The summed E-state index contributed by atoms with van der Waals surface area (Å²) in [5.41, 5.74) is -0.300. The summed E-state index contributed by atoms with van der Waals surface area (Å²) in [5.74, 6) is 0.393. The quantitative estimate of drug-likeness (QED) is 0.857. The topological polar surface area (TPSA) is 54.5 Å². The lowest BCUT2D eigenvalue weighted by atomic mass is 9.70. The van der Waals surface area contributed by atoms with E-state index in [1.165, 1.54) is 4.31 Å². The molecule has 22 heavy (non-hydrogen) atoms. The normalized spacial score (nSPS) is 29.8. The Kier molecular flexibility index (Phi) is 3.40. The van der Waals surface area contributed by atoms with E-state index < -0.39 is 15.4 Å². The van der Waals surface area contributed by atoms with Gasteiger partial charge in [-0.3, -0.25) is 9.10 Å². The first-order chi connectivity index (χ1) is 10.2. The van der Waals surface area contributed by atoms with E-state index in [1.807, 2.05) is 18.2 Å². The van der Waals surface area contributed by atoms with Gasteiger partial charge in [0.2, 0.25) is 10.0 Å². The third-order valence-corrected chi connectivity index (χ3v) is 8.01. The van der Waals surface area contributed by atoms with Crippen LogP contribution in [0.25, 0.3) is 0 Å². The van der Waals surface area contributed by atoms with Crippen molar-refractivity contribution in [3.05, 3.63) is 30.3 Å². The van der Waals surface area contributed by atoms with E-state index in [2.05, 4.69) is 13.8 Å². The maximum absolute atomic E-state index is 12.9. The highest BCUT2D eigenvalue weighted by Crippen LogP contribution is 2.64. The molecule has 3 rings (SSSR count). The molecule has 0 saturated heterocycles. The largest absolute Gasteiger partial charge is 0.299 e. The SMILES string of the molecule is CN(c1ccccc1)S(=O)(=O)C[C@@]12CC[C@H](CC1=O)C2(C)C. The van der Waals surface area contributed by atoms with E-state index in [4.69, 9.17) is 0 Å². The van der Waals surface area contributed by atoms with E-state index in [9.17, 15) is 13.2 Å². The van der Waals surface area contributed by atoms with Gasteiger partial charge in [0.1, 0.15) is 5.78 Å². The second-order valence-corrected chi connectivity index (χ2v) is 9.23. The molecule has 1 aromatic rings. The Morgan fingerprint density at radius 2 is 1.86 bits per heavy atom. The van der Waals surface area contributed by atoms with Crippen molar-refractivity contribution in [2.75, 3.05) is 17.1 Å². The molecule has 0 heterocycles. The Bertz CT molecular complexity index is 696. The molecule has 0 amide bonds. The minimum atomic E-state index is -3.53. The number of nitrogens with zero attached hydrogens (tertiary/aromatic N) is 1. The summed E-state index contributed by atoms with van der Waals surface area (Å²) in [7, 11) is -1.96. The number of benzene rings is 1. The highest BCUT2D eigenvalue weighted by Gasteiger charge is 2.65. The predicted molar refractivity (Wildman–Crippen MR) is 87.2 cm³/mol. The molecule has 1 aromatic carbocycles. The minimum absolute atomic E-state index is 0.0757. The molecule has 0 spiro atoms. The van der Waals surface area contributed by atoms with Gasteiger partial charge in [-0.25, -0.2) is 8.42 Å². The van der Waals surface area contributed by atoms with Crippen molar-refractivity contribution < 1.29 is 13.2 Å². The third kappa shape index (κ3) is 2.02. The molecule has 4 nitrogen and oxygen atoms in total. The zero-order valence-electron chi connectivity index (χ0n) is 13.4. The Morgan fingerprint density at radius 3 is 2.36 bits per heavy atom. The number of para-hydroxylation sites is 1. The maximum atomic E-state index is 12.9. The van der Waals surface area contributed by atoms with Crippen molar-refractivity contribution in [2.45, 2.75) is 33.1 Å². The first-order valence-corrected chi connectivity index (χ1v) is 9.37. The molecule has 2 aliphatic carbocycles. The van der Waals surface area contributed by atoms with Crippen molar-refractivity contribution in [3.8, 4) is 0 Å². The summed E-state index contributed by atoms with van der Waals surface area (Å²) in [6, 6.07) is 9.03. The van der Waals surface area contributed by atoms with Crippen LogP contribution in [0, 0.1) is 16.7 Å². The molecule has 0 radical (unpaired) electrons. The van der Waals surface area contributed by atoms with Crippen LogP contribution in [0.2, 0.25) is 0 Å². The molecule has 2 saturated carbocycles. The van der Waals surface area contributed by atoms with Crippen LogP contribution in [0.15, 0.2) is 30.3 Å². The zero-order valence-corrected chi connectivity index (χ0v) is 14.2. The van der Waals surface area contributed by atoms with Gasteiger partial charge in [-0.05, 0) is 36.3 Å². The van der Waals surface area contributed by atoms with Gasteiger partial charge in [-0.1, -0.05) is 32.0 Å². The van der Waals surface area contributed by atoms with Crippen LogP contribution in [-0.4, -0.2) is 27.0 Å². The van der Waals surface area contributed by atoms with Gasteiger partial charge >= 0.3 is 0 Å². The van der Waals surface area contributed by atoms with Gasteiger partial charge in [0.05, 0.1) is 16.9 Å². The number of anilines is 1. The van der Waals surface area contributed by atoms with Crippen LogP contribution < -0.4 is 4.31 Å². The van der Waals surface area contributed by atoms with E-state index in [0.29, 0.717) is 24.4 Å². The van der Waals surface area contributed by atoms with E-state index in [0.717, 1.165) is 6.42 Å². The Balaban J connectivity index is 1.93. The number of rotatable bonds is 4. The molecule has 0 N–H and O–H groups in total. The average Bonchev–Trinajstić information content (AvgIpc) is 2.81. The standard InChI is InChI=1S/C17H23NO3S/c1-16(2)13-9-10-17(16,15(19)11-13)12-22(20,21)18(3)14-7-5-4-6-8-14/h4-8,13H,9-12H2,1-3H3/t13-,17+/m1/s1. The first-order valence-electron chi connectivity index (χ1n) is 7.76. The zero-order chi connectivity index (χ0) is 16.2. The average molecular weight is 321 g/mol. The van der Waals surface area contributed by atoms with Gasteiger partial charge in [-0.2, -0.15) is 0 Å². The fourth-order valence-electron chi connectivity index (χ4n) is 4.31. The molecule has 2 fully saturated rings. The van der Waals surface area contributed by atoms with Crippen LogP contribution in [0.1, 0.15) is 33.1 Å². The van der Waals surface area contributed by atoms with E-state index >= 15 is 0 Å². The molecule has 2 aliphatic rings. The Hall–Kier alpha value is -1.36. The Morgan fingerprint density at radius 1 is 1.23 bits per heavy atom. The van der Waals surface area contributed by atoms with Gasteiger partial charge in [0, 0.05) is 13.5 Å². The lowest BCUT2D eigenvalue weighted by Crippen LogP contribution is -2.45. The smallest absolute Gasteiger partial charge is 0.235 e. The van der Waals surface area contributed by atoms with Crippen LogP contribution >= 0.6 is 0 Å². The molecule has 5 heteroatoms. The second-order valence-electron chi connectivity index (χ2n) is 7.23. The van der Waals surface area contributed by atoms with Crippen LogP contribution in [0.5, 0.6) is 0 Å². The number of sulfonamides is 1. The lowest BCUT2D eigenvalue weighted by molar-refractivity contribution is -0.128. The molecular weight excluding hydrogens is 298 g/mol. The number of Topliss-reactive ketones (excluding diaryl/α,β-unsaturated/α-hetero) is 1. The predicted octanol–water partition coefficient (Wildman–Crippen LogP) is 2.85. The van der Waals surface area contributed by atoms with Crippen LogP contribution in [0.4, 0.5) is 5.69 Å². The maximum Gasteiger partial charge on any atom is 0.235 e. The summed E-state index contributed by atoms with van der Waals surface area (Å²) in [6.07, 6.45) is 2.20. The number of hydrogen-bond donors (Lipinski definition) is 0. The molecule has 0 unspecified atom stereocenters. The van der Waals surface area contributed by atoms with Crippen molar-refractivity contribution in [3.63, 3.8) is 0 Å². The number of fused-ring (bicyclic) bond motifs is 2. The van der Waals surface area contributed by atoms with Crippen molar-refractivity contribution >= 4 is 21.5 Å². The van der Waals surface area contributed by atoms with Crippen LogP contribution in [-0.2, 0) is 14.8 Å². The summed E-state index contributed by atoms with van der Waals surface area (Å²) in [6.45, 7) is 4.13. The summed E-state index contributed by atoms with van der Waals surface area (Å²) < 4.78 is 27.1.